The SMILES string of the molecule is CCCCCCCCCCCCNC(=S)N/N=C/c1ccc(OCC)c(OCC)c1. The second-order valence-electron chi connectivity index (χ2n) is 7.38. The average Bonchev–Trinajstić information content (AvgIpc) is 2.74. The Kier molecular flexibility index (Phi) is 15.7. The molecule has 30 heavy (non-hydrogen) atoms. The van der Waals surface area contributed by atoms with Gasteiger partial charge in [0.1, 0.15) is 0 Å². The van der Waals surface area contributed by atoms with Crippen LogP contribution in [-0.4, -0.2) is 31.1 Å². The molecule has 0 radical (unpaired) electrons. The Morgan fingerprint density at radius 1 is 0.867 bits per heavy atom. The molecule has 1 aromatic rings. The molecule has 0 spiro atoms. The van der Waals surface area contributed by atoms with Crippen molar-refractivity contribution in [2.45, 2.75) is 85.0 Å². The number of nitrogens with zero attached hydrogens (tertiary/aromatic N) is 1. The summed E-state index contributed by atoms with van der Waals surface area (Å²) in [6, 6.07) is 5.76. The minimum Gasteiger partial charge on any atom is -0.490 e. The summed E-state index contributed by atoms with van der Waals surface area (Å²) in [5.41, 5.74) is 3.80. The summed E-state index contributed by atoms with van der Waals surface area (Å²) in [5, 5.41) is 7.98. The molecule has 5 nitrogen and oxygen atoms in total. The van der Waals surface area contributed by atoms with Crippen molar-refractivity contribution in [1.29, 1.82) is 0 Å². The van der Waals surface area contributed by atoms with E-state index in [1.807, 2.05) is 32.0 Å². The lowest BCUT2D eigenvalue weighted by atomic mass is 10.1. The summed E-state index contributed by atoms with van der Waals surface area (Å²) >= 11 is 5.28. The van der Waals surface area contributed by atoms with E-state index in [0.717, 1.165) is 30.0 Å². The van der Waals surface area contributed by atoms with Crippen LogP contribution >= 0.6 is 12.2 Å². The van der Waals surface area contributed by atoms with Gasteiger partial charge in [-0.3, -0.25) is 5.43 Å². The molecule has 0 heterocycles. The lowest BCUT2D eigenvalue weighted by Crippen LogP contribution is -2.32. The summed E-state index contributed by atoms with van der Waals surface area (Å²) in [5.74, 6) is 1.48. The minimum atomic E-state index is 0.554. The minimum absolute atomic E-state index is 0.554. The van der Waals surface area contributed by atoms with Crippen molar-refractivity contribution in [3.05, 3.63) is 23.8 Å². The first kappa shape index (κ1) is 26.2. The molecular formula is C24H41N3O2S. The van der Waals surface area contributed by atoms with Crippen LogP contribution in [0.1, 0.15) is 90.5 Å². The van der Waals surface area contributed by atoms with Gasteiger partial charge in [-0.05, 0) is 56.2 Å². The maximum Gasteiger partial charge on any atom is 0.186 e. The molecule has 2 N–H and O–H groups in total. The van der Waals surface area contributed by atoms with Crippen molar-refractivity contribution in [3.8, 4) is 11.5 Å². The number of unbranched alkanes of at least 4 members (excludes halogenated alkanes) is 9. The van der Waals surface area contributed by atoms with E-state index in [1.54, 1.807) is 6.21 Å². The molecule has 1 aromatic carbocycles. The van der Waals surface area contributed by atoms with E-state index in [0.29, 0.717) is 18.3 Å². The molecule has 0 aliphatic rings. The Hall–Kier alpha value is -1.82. The van der Waals surface area contributed by atoms with Gasteiger partial charge < -0.3 is 14.8 Å². The van der Waals surface area contributed by atoms with Gasteiger partial charge in [-0.1, -0.05) is 64.7 Å². The van der Waals surface area contributed by atoms with Crippen LogP contribution in [0.2, 0.25) is 0 Å². The van der Waals surface area contributed by atoms with Gasteiger partial charge in [0, 0.05) is 6.54 Å². The van der Waals surface area contributed by atoms with Crippen LogP contribution in [-0.2, 0) is 0 Å². The molecule has 0 saturated heterocycles. The Bertz CT molecular complexity index is 608. The third-order valence-corrected chi connectivity index (χ3v) is 5.00. The summed E-state index contributed by atoms with van der Waals surface area (Å²) < 4.78 is 11.2. The predicted octanol–water partition coefficient (Wildman–Crippen LogP) is 6.20. The molecule has 1 rings (SSSR count). The highest BCUT2D eigenvalue weighted by Gasteiger charge is 2.05. The van der Waals surface area contributed by atoms with E-state index >= 15 is 0 Å². The molecule has 0 unspecified atom stereocenters. The van der Waals surface area contributed by atoms with Gasteiger partial charge in [0.25, 0.3) is 0 Å². The maximum absolute atomic E-state index is 5.63. The third kappa shape index (κ3) is 12.7. The van der Waals surface area contributed by atoms with Gasteiger partial charge in [-0.2, -0.15) is 5.10 Å². The molecule has 0 aromatic heterocycles. The van der Waals surface area contributed by atoms with Crippen LogP contribution in [0, 0.1) is 0 Å². The van der Waals surface area contributed by atoms with Gasteiger partial charge in [0.15, 0.2) is 16.6 Å². The number of benzene rings is 1. The molecule has 6 heteroatoms. The lowest BCUT2D eigenvalue weighted by molar-refractivity contribution is 0.288. The first-order valence-electron chi connectivity index (χ1n) is 11.7. The van der Waals surface area contributed by atoms with Crippen molar-refractivity contribution in [2.24, 2.45) is 5.10 Å². The number of hydrogen-bond acceptors (Lipinski definition) is 4. The molecule has 0 aliphatic heterocycles. The highest BCUT2D eigenvalue weighted by molar-refractivity contribution is 7.80. The number of ether oxygens (including phenoxy) is 2. The molecule has 0 atom stereocenters. The quantitative estimate of drug-likeness (QED) is 0.132. The summed E-state index contributed by atoms with van der Waals surface area (Å²) in [7, 11) is 0. The van der Waals surface area contributed by atoms with Gasteiger partial charge in [0.2, 0.25) is 0 Å². The van der Waals surface area contributed by atoms with Crippen molar-refractivity contribution in [2.75, 3.05) is 19.8 Å². The van der Waals surface area contributed by atoms with Crippen LogP contribution in [0.3, 0.4) is 0 Å². The van der Waals surface area contributed by atoms with Gasteiger partial charge >= 0.3 is 0 Å². The van der Waals surface area contributed by atoms with Gasteiger partial charge in [0.05, 0.1) is 19.4 Å². The zero-order valence-electron chi connectivity index (χ0n) is 19.2. The fraction of sp³-hybridized carbons (Fsp3) is 0.667. The molecule has 0 aliphatic carbocycles. The van der Waals surface area contributed by atoms with Crippen LogP contribution in [0.4, 0.5) is 0 Å². The first-order valence-corrected chi connectivity index (χ1v) is 12.1. The molecule has 170 valence electrons. The molecular weight excluding hydrogens is 394 g/mol. The number of rotatable bonds is 17. The third-order valence-electron chi connectivity index (χ3n) is 4.76. The second kappa shape index (κ2) is 18.0. The Morgan fingerprint density at radius 3 is 2.10 bits per heavy atom. The Labute approximate surface area is 189 Å². The molecule has 0 amide bonds. The smallest absolute Gasteiger partial charge is 0.186 e. The second-order valence-corrected chi connectivity index (χ2v) is 7.79. The Morgan fingerprint density at radius 2 is 1.47 bits per heavy atom. The molecule has 0 bridgehead atoms. The fourth-order valence-electron chi connectivity index (χ4n) is 3.17. The van der Waals surface area contributed by atoms with E-state index in [2.05, 4.69) is 22.8 Å². The molecule has 0 fully saturated rings. The van der Waals surface area contributed by atoms with E-state index in [9.17, 15) is 0 Å². The fourth-order valence-corrected chi connectivity index (χ4v) is 3.32. The summed E-state index contributed by atoms with van der Waals surface area (Å²) in [4.78, 5) is 0. The van der Waals surface area contributed by atoms with Crippen molar-refractivity contribution in [1.82, 2.24) is 10.7 Å². The summed E-state index contributed by atoms with van der Waals surface area (Å²) in [6.07, 6.45) is 15.1. The van der Waals surface area contributed by atoms with E-state index in [-0.39, 0.29) is 0 Å². The molecule has 0 saturated carbocycles. The standard InChI is InChI=1S/C24H41N3O2S/c1-4-7-8-9-10-11-12-13-14-15-18-25-24(30)27-26-20-21-16-17-22(28-5-2)23(19-21)29-6-3/h16-17,19-20H,4-15,18H2,1-3H3,(H2,25,27,30)/b26-20+. The van der Waals surface area contributed by atoms with E-state index in [1.165, 1.54) is 57.8 Å². The lowest BCUT2D eigenvalue weighted by Gasteiger charge is -2.11. The van der Waals surface area contributed by atoms with Gasteiger partial charge in [-0.15, -0.1) is 0 Å². The highest BCUT2D eigenvalue weighted by Crippen LogP contribution is 2.27. The van der Waals surface area contributed by atoms with Crippen molar-refractivity contribution in [3.63, 3.8) is 0 Å². The maximum atomic E-state index is 5.63. The normalized spacial score (nSPS) is 10.9. The largest absolute Gasteiger partial charge is 0.490 e. The first-order chi connectivity index (χ1) is 14.7. The van der Waals surface area contributed by atoms with Gasteiger partial charge in [-0.25, -0.2) is 0 Å². The zero-order valence-corrected chi connectivity index (χ0v) is 20.0. The average molecular weight is 436 g/mol. The van der Waals surface area contributed by atoms with E-state index in [4.69, 9.17) is 21.7 Å². The van der Waals surface area contributed by atoms with E-state index < -0.39 is 0 Å². The highest BCUT2D eigenvalue weighted by atomic mass is 32.1. The van der Waals surface area contributed by atoms with Crippen LogP contribution < -0.4 is 20.2 Å². The number of thiocarbonyl (C=S) groups is 1. The Balaban J connectivity index is 2.15. The number of nitrogens with one attached hydrogen (secondary N) is 2. The number of hydrazone groups is 1. The van der Waals surface area contributed by atoms with Crippen molar-refractivity contribution < 1.29 is 9.47 Å². The van der Waals surface area contributed by atoms with Crippen molar-refractivity contribution >= 4 is 23.5 Å². The predicted molar refractivity (Wildman–Crippen MR) is 132 cm³/mol. The zero-order chi connectivity index (χ0) is 21.9. The van der Waals surface area contributed by atoms with Crippen LogP contribution in [0.5, 0.6) is 11.5 Å². The number of hydrogen-bond donors (Lipinski definition) is 2. The topological polar surface area (TPSA) is 54.9 Å². The summed E-state index contributed by atoms with van der Waals surface area (Å²) in [6.45, 7) is 8.26. The monoisotopic (exact) mass is 435 g/mol. The van der Waals surface area contributed by atoms with Crippen LogP contribution in [0.25, 0.3) is 0 Å². The van der Waals surface area contributed by atoms with Crippen LogP contribution in [0.15, 0.2) is 23.3 Å².